The van der Waals surface area contributed by atoms with Crippen LogP contribution in [0.4, 0.5) is 11.4 Å². The highest BCUT2D eigenvalue weighted by atomic mass is 79.9. The van der Waals surface area contributed by atoms with E-state index in [2.05, 4.69) is 63.6 Å². The molecule has 0 aromatic heterocycles. The summed E-state index contributed by atoms with van der Waals surface area (Å²) in [6.45, 7) is 0.115. The lowest BCUT2D eigenvalue weighted by atomic mass is 10.2. The first-order valence-corrected chi connectivity index (χ1v) is 9.72. The van der Waals surface area contributed by atoms with Gasteiger partial charge in [-0.25, -0.2) is 5.43 Å². The van der Waals surface area contributed by atoms with Gasteiger partial charge in [0.15, 0.2) is 0 Å². The van der Waals surface area contributed by atoms with Crippen LogP contribution in [0.2, 0.25) is 0 Å². The van der Waals surface area contributed by atoms with Gasteiger partial charge in [0.2, 0.25) is 0 Å². The molecule has 8 heteroatoms. The fourth-order valence-electron chi connectivity index (χ4n) is 1.91. The van der Waals surface area contributed by atoms with E-state index in [-0.39, 0.29) is 12.5 Å². The number of carbonyl (C=O) groups excluding carboxylic acids is 1. The molecule has 2 aromatic rings. The molecule has 0 saturated heterocycles. The van der Waals surface area contributed by atoms with E-state index >= 15 is 0 Å². The first-order chi connectivity index (χ1) is 11.9. The quantitative estimate of drug-likeness (QED) is 0.325. The highest BCUT2D eigenvalue weighted by Crippen LogP contribution is 2.32. The summed E-state index contributed by atoms with van der Waals surface area (Å²) in [4.78, 5) is 13.9. The third-order valence-electron chi connectivity index (χ3n) is 3.26. The molecule has 0 bridgehead atoms. The average molecular weight is 533 g/mol. The van der Waals surface area contributed by atoms with Crippen LogP contribution in [0, 0.1) is 0 Å². The molecule has 0 radical (unpaired) electrons. The van der Waals surface area contributed by atoms with Crippen molar-refractivity contribution in [2.75, 3.05) is 30.9 Å². The SMILES string of the molecule is CN(C)c1ccc(C=NNC(=O)CNc2cc(Br)c(Br)cc2Br)cc1. The van der Waals surface area contributed by atoms with Crippen molar-refractivity contribution in [3.05, 3.63) is 55.4 Å². The van der Waals surface area contributed by atoms with Crippen LogP contribution in [-0.4, -0.2) is 32.8 Å². The Balaban J connectivity index is 1.85. The summed E-state index contributed by atoms with van der Waals surface area (Å²) in [7, 11) is 3.97. The Bertz CT molecular complexity index is 776. The van der Waals surface area contributed by atoms with Crippen LogP contribution in [0.25, 0.3) is 0 Å². The maximum absolute atomic E-state index is 11.9. The van der Waals surface area contributed by atoms with Gasteiger partial charge in [-0.05, 0) is 77.6 Å². The molecular formula is C17H17Br3N4O. The standard InChI is InChI=1S/C17H17Br3N4O/c1-24(2)12-5-3-11(4-6-12)9-22-23-17(25)10-21-16-8-14(19)13(18)7-15(16)20/h3-9,21H,10H2,1-2H3,(H,23,25). The molecular weight excluding hydrogens is 516 g/mol. The van der Waals surface area contributed by atoms with Crippen LogP contribution in [0.5, 0.6) is 0 Å². The number of nitrogens with one attached hydrogen (secondary N) is 2. The number of carbonyl (C=O) groups is 1. The Kier molecular flexibility index (Phi) is 7.46. The lowest BCUT2D eigenvalue weighted by Crippen LogP contribution is -2.26. The third-order valence-corrected chi connectivity index (χ3v) is 5.76. The van der Waals surface area contributed by atoms with Crippen molar-refractivity contribution in [3.8, 4) is 0 Å². The minimum absolute atomic E-state index is 0.115. The average Bonchev–Trinajstić information content (AvgIpc) is 2.57. The number of rotatable bonds is 6. The number of amides is 1. The highest BCUT2D eigenvalue weighted by Gasteiger charge is 2.06. The molecule has 2 aromatic carbocycles. The fraction of sp³-hybridized carbons (Fsp3) is 0.176. The number of nitrogens with zero attached hydrogens (tertiary/aromatic N) is 2. The van der Waals surface area contributed by atoms with E-state index < -0.39 is 0 Å². The van der Waals surface area contributed by atoms with Gasteiger partial charge >= 0.3 is 0 Å². The zero-order valence-corrected chi connectivity index (χ0v) is 18.4. The van der Waals surface area contributed by atoms with Crippen molar-refractivity contribution < 1.29 is 4.79 Å². The second-order valence-corrected chi connectivity index (χ2v) is 7.94. The van der Waals surface area contributed by atoms with E-state index in [0.717, 1.165) is 30.4 Å². The molecule has 0 aliphatic rings. The van der Waals surface area contributed by atoms with Gasteiger partial charge in [0, 0.05) is 33.2 Å². The van der Waals surface area contributed by atoms with Crippen molar-refractivity contribution in [2.24, 2.45) is 5.10 Å². The van der Waals surface area contributed by atoms with Crippen LogP contribution in [0.1, 0.15) is 5.56 Å². The van der Waals surface area contributed by atoms with Crippen molar-refractivity contribution in [1.82, 2.24) is 5.43 Å². The van der Waals surface area contributed by atoms with Crippen molar-refractivity contribution >= 4 is 71.3 Å². The molecule has 0 unspecified atom stereocenters. The molecule has 0 fully saturated rings. The van der Waals surface area contributed by atoms with Crippen LogP contribution in [-0.2, 0) is 4.79 Å². The van der Waals surface area contributed by atoms with Crippen LogP contribution in [0.15, 0.2) is 54.9 Å². The number of benzene rings is 2. The van der Waals surface area contributed by atoms with E-state index in [1.54, 1.807) is 6.21 Å². The van der Waals surface area contributed by atoms with Crippen LogP contribution >= 0.6 is 47.8 Å². The number of hydrogen-bond acceptors (Lipinski definition) is 4. The maximum Gasteiger partial charge on any atom is 0.259 e. The van der Waals surface area contributed by atoms with Gasteiger partial charge in [-0.15, -0.1) is 0 Å². The molecule has 2 rings (SSSR count). The molecule has 5 nitrogen and oxygen atoms in total. The zero-order valence-electron chi connectivity index (χ0n) is 13.7. The maximum atomic E-state index is 11.9. The molecule has 0 saturated carbocycles. The van der Waals surface area contributed by atoms with Gasteiger partial charge in [-0.2, -0.15) is 5.10 Å². The fourth-order valence-corrected chi connectivity index (χ4v) is 3.39. The summed E-state index contributed by atoms with van der Waals surface area (Å²) >= 11 is 10.3. The van der Waals surface area contributed by atoms with Crippen molar-refractivity contribution in [2.45, 2.75) is 0 Å². The van der Waals surface area contributed by atoms with E-state index in [9.17, 15) is 4.79 Å². The van der Waals surface area contributed by atoms with Crippen molar-refractivity contribution in [1.29, 1.82) is 0 Å². The van der Waals surface area contributed by atoms with E-state index in [1.165, 1.54) is 0 Å². The summed E-state index contributed by atoms with van der Waals surface area (Å²) in [5.74, 6) is -0.230. The Morgan fingerprint density at radius 3 is 2.36 bits per heavy atom. The number of halogens is 3. The largest absolute Gasteiger partial charge is 0.378 e. The van der Waals surface area contributed by atoms with Gasteiger partial charge in [0.1, 0.15) is 0 Å². The number of anilines is 2. The van der Waals surface area contributed by atoms with Crippen molar-refractivity contribution in [3.63, 3.8) is 0 Å². The van der Waals surface area contributed by atoms with E-state index in [1.807, 2.05) is 55.4 Å². The van der Waals surface area contributed by atoms with Gasteiger partial charge in [-0.1, -0.05) is 12.1 Å². The first-order valence-electron chi connectivity index (χ1n) is 7.34. The predicted molar refractivity (Wildman–Crippen MR) is 115 cm³/mol. The van der Waals surface area contributed by atoms with Gasteiger partial charge in [-0.3, -0.25) is 4.79 Å². The molecule has 0 atom stereocenters. The lowest BCUT2D eigenvalue weighted by Gasteiger charge is -2.11. The monoisotopic (exact) mass is 530 g/mol. The smallest absolute Gasteiger partial charge is 0.259 e. The van der Waals surface area contributed by atoms with Gasteiger partial charge in [0.25, 0.3) is 5.91 Å². The van der Waals surface area contributed by atoms with Gasteiger partial charge < -0.3 is 10.2 Å². The van der Waals surface area contributed by atoms with Crippen LogP contribution < -0.4 is 15.6 Å². The summed E-state index contributed by atoms with van der Waals surface area (Å²) < 4.78 is 2.69. The summed E-state index contributed by atoms with van der Waals surface area (Å²) in [5.41, 5.74) is 5.34. The second-order valence-electron chi connectivity index (χ2n) is 5.38. The summed E-state index contributed by atoms with van der Waals surface area (Å²) in [6, 6.07) is 11.7. The number of hydrogen-bond donors (Lipinski definition) is 2. The Hall–Kier alpha value is -1.38. The summed E-state index contributed by atoms with van der Waals surface area (Å²) in [6.07, 6.45) is 1.61. The number of hydrazone groups is 1. The Morgan fingerprint density at radius 2 is 1.72 bits per heavy atom. The predicted octanol–water partition coefficient (Wildman–Crippen LogP) is 4.60. The van der Waals surface area contributed by atoms with Crippen LogP contribution in [0.3, 0.4) is 0 Å². The minimum Gasteiger partial charge on any atom is -0.378 e. The normalized spacial score (nSPS) is 10.8. The molecule has 0 aliphatic carbocycles. The molecule has 0 aliphatic heterocycles. The van der Waals surface area contributed by atoms with E-state index in [4.69, 9.17) is 0 Å². The van der Waals surface area contributed by atoms with Gasteiger partial charge in [0.05, 0.1) is 18.4 Å². The highest BCUT2D eigenvalue weighted by molar-refractivity contribution is 9.13. The Labute approximate surface area is 172 Å². The molecule has 25 heavy (non-hydrogen) atoms. The minimum atomic E-state index is -0.230. The first kappa shape index (κ1) is 19.9. The molecule has 0 spiro atoms. The van der Waals surface area contributed by atoms with E-state index in [0.29, 0.717) is 0 Å². The zero-order chi connectivity index (χ0) is 18.4. The third kappa shape index (κ3) is 6.13. The topological polar surface area (TPSA) is 56.7 Å². The summed E-state index contributed by atoms with van der Waals surface area (Å²) in [5, 5.41) is 7.04. The molecule has 1 amide bonds. The second kappa shape index (κ2) is 9.35. The Morgan fingerprint density at radius 1 is 1.08 bits per heavy atom. The molecule has 132 valence electrons. The lowest BCUT2D eigenvalue weighted by molar-refractivity contribution is -0.119. The molecule has 2 N–H and O–H groups in total. The molecule has 0 heterocycles.